The average molecular weight is 222 g/mol. The monoisotopic (exact) mass is 222 g/mol. The number of para-hydroxylation sites is 1. The van der Waals surface area contributed by atoms with Gasteiger partial charge in [-0.3, -0.25) is 4.79 Å². The molecule has 0 aliphatic heterocycles. The lowest BCUT2D eigenvalue weighted by Crippen LogP contribution is -2.13. The normalized spacial score (nSPS) is 11.9. The van der Waals surface area contributed by atoms with Crippen LogP contribution in [-0.4, -0.2) is 13.1 Å². The van der Waals surface area contributed by atoms with E-state index >= 15 is 0 Å². The Morgan fingerprint density at radius 2 is 2.06 bits per heavy atom. The van der Waals surface area contributed by atoms with E-state index in [-0.39, 0.29) is 18.5 Å². The van der Waals surface area contributed by atoms with Crippen LogP contribution < -0.4 is 4.74 Å². The molecule has 0 N–H and O–H groups in total. The largest absolute Gasteiger partial charge is 0.496 e. The molecular weight excluding hydrogens is 204 g/mol. The topological polar surface area (TPSA) is 35.5 Å². The van der Waals surface area contributed by atoms with Gasteiger partial charge in [0, 0.05) is 5.56 Å². The zero-order valence-corrected chi connectivity index (χ0v) is 10.0. The molecule has 3 heteroatoms. The molecule has 0 radical (unpaired) electrons. The van der Waals surface area contributed by atoms with Gasteiger partial charge in [0.2, 0.25) is 0 Å². The van der Waals surface area contributed by atoms with Gasteiger partial charge in [0.25, 0.3) is 0 Å². The van der Waals surface area contributed by atoms with E-state index in [1.165, 1.54) is 0 Å². The summed E-state index contributed by atoms with van der Waals surface area (Å²) in [5, 5.41) is 0. The maximum atomic E-state index is 11.5. The molecule has 0 fully saturated rings. The number of rotatable bonds is 5. The second kappa shape index (κ2) is 6.16. The highest BCUT2D eigenvalue weighted by atomic mass is 16.5. The summed E-state index contributed by atoms with van der Waals surface area (Å²) in [6.45, 7) is 4.10. The van der Waals surface area contributed by atoms with Crippen molar-refractivity contribution >= 4 is 5.97 Å². The summed E-state index contributed by atoms with van der Waals surface area (Å²) in [4.78, 5) is 11.5. The molecule has 0 saturated heterocycles. The van der Waals surface area contributed by atoms with Crippen molar-refractivity contribution in [3.63, 3.8) is 0 Å². The lowest BCUT2D eigenvalue weighted by Gasteiger charge is -2.11. The standard InChI is InChI=1S/C13H18O3/c1-4-10(2)13(14)16-9-11-7-5-6-8-12(11)15-3/h5-8,10H,4,9H2,1-3H3. The second-order valence-corrected chi connectivity index (χ2v) is 3.73. The van der Waals surface area contributed by atoms with Crippen LogP contribution in [0.4, 0.5) is 0 Å². The molecule has 0 aliphatic carbocycles. The van der Waals surface area contributed by atoms with E-state index in [0.29, 0.717) is 0 Å². The van der Waals surface area contributed by atoms with Crippen molar-refractivity contribution in [2.45, 2.75) is 26.9 Å². The molecule has 88 valence electrons. The Morgan fingerprint density at radius 1 is 1.38 bits per heavy atom. The Hall–Kier alpha value is -1.51. The third kappa shape index (κ3) is 3.26. The Morgan fingerprint density at radius 3 is 2.69 bits per heavy atom. The molecule has 0 amide bonds. The Labute approximate surface area is 96.4 Å². The fraction of sp³-hybridized carbons (Fsp3) is 0.462. The van der Waals surface area contributed by atoms with Crippen molar-refractivity contribution in [2.24, 2.45) is 5.92 Å². The summed E-state index contributed by atoms with van der Waals surface area (Å²) in [6.07, 6.45) is 0.796. The molecule has 1 aromatic rings. The first-order valence-corrected chi connectivity index (χ1v) is 5.47. The SMILES string of the molecule is CCC(C)C(=O)OCc1ccccc1OC. The number of esters is 1. The third-order valence-corrected chi connectivity index (χ3v) is 2.58. The van der Waals surface area contributed by atoms with E-state index in [4.69, 9.17) is 9.47 Å². The Bertz CT molecular complexity index is 347. The van der Waals surface area contributed by atoms with Crippen molar-refractivity contribution < 1.29 is 14.3 Å². The molecule has 0 spiro atoms. The van der Waals surface area contributed by atoms with Gasteiger partial charge in [-0.15, -0.1) is 0 Å². The van der Waals surface area contributed by atoms with Crippen LogP contribution in [0.5, 0.6) is 5.75 Å². The zero-order chi connectivity index (χ0) is 12.0. The van der Waals surface area contributed by atoms with Crippen LogP contribution >= 0.6 is 0 Å². The van der Waals surface area contributed by atoms with Crippen molar-refractivity contribution in [3.8, 4) is 5.75 Å². The number of hydrogen-bond donors (Lipinski definition) is 0. The molecule has 1 atom stereocenters. The van der Waals surface area contributed by atoms with Gasteiger partial charge in [-0.2, -0.15) is 0 Å². The smallest absolute Gasteiger partial charge is 0.308 e. The van der Waals surface area contributed by atoms with Crippen molar-refractivity contribution in [1.29, 1.82) is 0 Å². The quantitative estimate of drug-likeness (QED) is 0.719. The highest BCUT2D eigenvalue weighted by molar-refractivity contribution is 5.71. The number of methoxy groups -OCH3 is 1. The maximum Gasteiger partial charge on any atom is 0.308 e. The van der Waals surface area contributed by atoms with Gasteiger partial charge >= 0.3 is 5.97 Å². The predicted molar refractivity (Wildman–Crippen MR) is 62.2 cm³/mol. The van der Waals surface area contributed by atoms with E-state index in [1.807, 2.05) is 38.1 Å². The minimum absolute atomic E-state index is 0.0466. The van der Waals surface area contributed by atoms with E-state index < -0.39 is 0 Å². The van der Waals surface area contributed by atoms with E-state index in [9.17, 15) is 4.79 Å². The highest BCUT2D eigenvalue weighted by Gasteiger charge is 2.12. The van der Waals surface area contributed by atoms with Crippen LogP contribution in [0.25, 0.3) is 0 Å². The first-order chi connectivity index (χ1) is 7.69. The number of carbonyl (C=O) groups excluding carboxylic acids is 1. The fourth-order valence-corrected chi connectivity index (χ4v) is 1.28. The summed E-state index contributed by atoms with van der Waals surface area (Å²) in [7, 11) is 1.61. The number of carbonyl (C=O) groups is 1. The molecule has 0 aliphatic rings. The number of hydrogen-bond acceptors (Lipinski definition) is 3. The van der Waals surface area contributed by atoms with Gasteiger partial charge in [0.05, 0.1) is 13.0 Å². The number of ether oxygens (including phenoxy) is 2. The third-order valence-electron chi connectivity index (χ3n) is 2.58. The average Bonchev–Trinajstić information content (AvgIpc) is 2.35. The summed E-state index contributed by atoms with van der Waals surface area (Å²) in [5.41, 5.74) is 0.890. The van der Waals surface area contributed by atoms with Gasteiger partial charge in [0.1, 0.15) is 12.4 Å². The molecule has 0 aromatic heterocycles. The molecule has 1 rings (SSSR count). The van der Waals surface area contributed by atoms with Gasteiger partial charge in [-0.05, 0) is 12.5 Å². The van der Waals surface area contributed by atoms with Crippen LogP contribution in [0.15, 0.2) is 24.3 Å². The van der Waals surface area contributed by atoms with Crippen LogP contribution in [0.1, 0.15) is 25.8 Å². The maximum absolute atomic E-state index is 11.5. The van der Waals surface area contributed by atoms with Crippen molar-refractivity contribution in [1.82, 2.24) is 0 Å². The molecule has 0 saturated carbocycles. The Balaban J connectivity index is 2.57. The van der Waals surface area contributed by atoms with Crippen LogP contribution in [0, 0.1) is 5.92 Å². The van der Waals surface area contributed by atoms with E-state index in [0.717, 1.165) is 17.7 Å². The minimum Gasteiger partial charge on any atom is -0.496 e. The first kappa shape index (κ1) is 12.6. The molecule has 0 heterocycles. The predicted octanol–water partition coefficient (Wildman–Crippen LogP) is 2.78. The lowest BCUT2D eigenvalue weighted by atomic mass is 10.1. The molecule has 1 aromatic carbocycles. The van der Waals surface area contributed by atoms with Crippen LogP contribution in [0.2, 0.25) is 0 Å². The summed E-state index contributed by atoms with van der Waals surface area (Å²) >= 11 is 0. The van der Waals surface area contributed by atoms with Crippen molar-refractivity contribution in [3.05, 3.63) is 29.8 Å². The highest BCUT2D eigenvalue weighted by Crippen LogP contribution is 2.18. The van der Waals surface area contributed by atoms with Crippen LogP contribution in [0.3, 0.4) is 0 Å². The molecule has 16 heavy (non-hydrogen) atoms. The molecule has 3 nitrogen and oxygen atoms in total. The van der Waals surface area contributed by atoms with E-state index in [2.05, 4.69) is 0 Å². The summed E-state index contributed by atoms with van der Waals surface area (Å²) in [5.74, 6) is 0.544. The summed E-state index contributed by atoms with van der Waals surface area (Å²) in [6, 6.07) is 7.53. The Kier molecular flexibility index (Phi) is 4.83. The molecular formula is C13H18O3. The van der Waals surface area contributed by atoms with Gasteiger partial charge in [-0.25, -0.2) is 0 Å². The molecule has 0 bridgehead atoms. The zero-order valence-electron chi connectivity index (χ0n) is 10.0. The molecule has 1 unspecified atom stereocenters. The lowest BCUT2D eigenvalue weighted by molar-refractivity contribution is -0.149. The fourth-order valence-electron chi connectivity index (χ4n) is 1.28. The minimum atomic E-state index is -0.159. The first-order valence-electron chi connectivity index (χ1n) is 5.47. The van der Waals surface area contributed by atoms with Crippen molar-refractivity contribution in [2.75, 3.05) is 7.11 Å². The van der Waals surface area contributed by atoms with Gasteiger partial charge in [-0.1, -0.05) is 32.0 Å². The number of benzene rings is 1. The van der Waals surface area contributed by atoms with Gasteiger partial charge < -0.3 is 9.47 Å². The van der Waals surface area contributed by atoms with E-state index in [1.54, 1.807) is 7.11 Å². The van der Waals surface area contributed by atoms with Gasteiger partial charge in [0.15, 0.2) is 0 Å². The second-order valence-electron chi connectivity index (χ2n) is 3.73. The van der Waals surface area contributed by atoms with Crippen LogP contribution in [-0.2, 0) is 16.1 Å². The summed E-state index contributed by atoms with van der Waals surface area (Å²) < 4.78 is 10.4.